The second-order valence-electron chi connectivity index (χ2n) is 8.86. The van der Waals surface area contributed by atoms with E-state index in [4.69, 9.17) is 41.9 Å². The summed E-state index contributed by atoms with van der Waals surface area (Å²) in [5, 5.41) is 9.71. The van der Waals surface area contributed by atoms with Gasteiger partial charge in [0.2, 0.25) is 0 Å². The predicted molar refractivity (Wildman–Crippen MR) is 119 cm³/mol. The van der Waals surface area contributed by atoms with Crippen LogP contribution in [0, 0.1) is 17.8 Å². The number of carboxylic acids is 1. The Kier molecular flexibility index (Phi) is 10.9. The van der Waals surface area contributed by atoms with E-state index in [9.17, 15) is 31.3 Å². The van der Waals surface area contributed by atoms with Crippen molar-refractivity contribution in [3.63, 3.8) is 0 Å². The molecule has 7 unspecified atom stereocenters. The Balaban J connectivity index is 1.97. The van der Waals surface area contributed by atoms with E-state index in [1.54, 1.807) is 6.92 Å². The normalized spacial score (nSPS) is 41.9. The number of hydrogen-bond donors (Lipinski definition) is 4. The molecule has 0 amide bonds. The van der Waals surface area contributed by atoms with Gasteiger partial charge in [0, 0.05) is 32.0 Å². The Bertz CT molecular complexity index is 1020. The fourth-order valence-electron chi connectivity index (χ4n) is 5.27. The zero-order valence-corrected chi connectivity index (χ0v) is 23.1. The Morgan fingerprint density at radius 3 is 2.13 bits per heavy atom. The number of rotatable bonds is 14. The largest absolute Gasteiger partial charge is 0.479 e. The van der Waals surface area contributed by atoms with Crippen molar-refractivity contribution in [2.45, 2.75) is 62.5 Å². The number of methoxy groups -OCH3 is 2. The van der Waals surface area contributed by atoms with E-state index in [0.29, 0.717) is 0 Å². The second kappa shape index (κ2) is 13.0. The van der Waals surface area contributed by atoms with Crippen LogP contribution in [-0.4, -0.2) is 111 Å². The highest BCUT2D eigenvalue weighted by molar-refractivity contribution is 7.80. The van der Waals surface area contributed by atoms with Gasteiger partial charge in [-0.05, 0) is 6.92 Å². The molecule has 22 heteroatoms. The van der Waals surface area contributed by atoms with Crippen LogP contribution in [0.2, 0.25) is 0 Å². The van der Waals surface area contributed by atoms with Crippen molar-refractivity contribution in [1.82, 2.24) is 0 Å². The summed E-state index contributed by atoms with van der Waals surface area (Å²) in [5.74, 6) is -3.05. The number of fused-ring (bicyclic) bond motifs is 1. The molecule has 3 rings (SSSR count). The van der Waals surface area contributed by atoms with Crippen LogP contribution in [0.5, 0.6) is 0 Å². The lowest BCUT2D eigenvalue weighted by Gasteiger charge is -2.44. The lowest BCUT2D eigenvalue weighted by molar-refractivity contribution is -0.375. The molecule has 0 aromatic heterocycles. The van der Waals surface area contributed by atoms with E-state index < -0.39 is 112 Å². The highest BCUT2D eigenvalue weighted by Crippen LogP contribution is 2.63. The summed E-state index contributed by atoms with van der Waals surface area (Å²) in [4.78, 5) is 21.4. The number of carbonyl (C=O) groups is 1. The third kappa shape index (κ3) is 7.54. The maximum Gasteiger partial charge on any atom is 0.397 e. The Hall–Kier alpha value is -0.800. The van der Waals surface area contributed by atoms with Crippen molar-refractivity contribution >= 4 is 39.1 Å². The molecule has 2 saturated heterocycles. The molecule has 2 aliphatic heterocycles. The summed E-state index contributed by atoms with van der Waals surface area (Å²) in [6, 6.07) is 0. The number of hydrogen-bond acceptors (Lipinski definition) is 15. The highest BCUT2D eigenvalue weighted by atomic mass is 32.3. The first kappa shape index (κ1) is 32.7. The summed E-state index contributed by atoms with van der Waals surface area (Å²) >= 11 is -5.90. The highest BCUT2D eigenvalue weighted by Gasteiger charge is 2.74. The lowest BCUT2D eigenvalue weighted by Crippen LogP contribution is -2.62. The molecule has 3 aliphatic rings. The average Bonchev–Trinajstić information content (AvgIpc) is 3.43. The van der Waals surface area contributed by atoms with Gasteiger partial charge in [-0.25, -0.2) is 18.8 Å². The standard InChI is InChI=1S/C17H28O19S3/c1-6-8-9(11(14(18)19)31-15(6)28-4)17(8,2)32-16-13(34-39(24,25)26)12(33-36-38(22)23)10(27-3)7(30-16)5-29-35-37(20)21/h6-13,15-16H,5H2,1-4H3,(H,18,19)(H,20,21)(H,22,23)(H,24,25,26)/t6?,7?,8-,9+,10+,11?,12+,13?,15+,16+,17?/m1/s1. The zero-order chi connectivity index (χ0) is 29.3. The molecule has 2 heterocycles. The molecule has 0 spiro atoms. The molecular weight excluding hydrogens is 604 g/mol. The third-order valence-electron chi connectivity index (χ3n) is 6.69. The molecule has 1 aliphatic carbocycles. The number of carboxylic acid groups (broad SMARTS) is 1. The van der Waals surface area contributed by atoms with Crippen LogP contribution in [0.25, 0.3) is 0 Å². The monoisotopic (exact) mass is 632 g/mol. The van der Waals surface area contributed by atoms with Gasteiger partial charge in [-0.15, -0.1) is 8.67 Å². The summed E-state index contributed by atoms with van der Waals surface area (Å²) in [6.07, 6.45) is -10.8. The van der Waals surface area contributed by atoms with Crippen LogP contribution in [0.4, 0.5) is 0 Å². The van der Waals surface area contributed by atoms with Gasteiger partial charge in [-0.2, -0.15) is 16.8 Å². The third-order valence-corrected chi connectivity index (χ3v) is 7.57. The van der Waals surface area contributed by atoms with Crippen molar-refractivity contribution in [3.05, 3.63) is 0 Å². The molecule has 0 bridgehead atoms. The van der Waals surface area contributed by atoms with Gasteiger partial charge in [0.15, 0.2) is 30.9 Å². The molecule has 19 nitrogen and oxygen atoms in total. The van der Waals surface area contributed by atoms with Gasteiger partial charge < -0.3 is 28.8 Å². The summed E-state index contributed by atoms with van der Waals surface area (Å²) in [7, 11) is -2.86. The summed E-state index contributed by atoms with van der Waals surface area (Å²) in [5.41, 5.74) is -1.37. The minimum Gasteiger partial charge on any atom is -0.479 e. The Morgan fingerprint density at radius 2 is 1.62 bits per heavy atom. The SMILES string of the molecule is CO[C@H]1OC(C(=O)O)[C@@H]2[C@@H](C1C)C2(C)O[C@@H]1OC(COOS(=O)O)[C@H](OC)[C@H](OOS(=O)O)C1OS(=O)(=O)O. The van der Waals surface area contributed by atoms with E-state index in [1.807, 2.05) is 0 Å². The number of aliphatic carboxylic acids is 1. The van der Waals surface area contributed by atoms with Crippen LogP contribution in [0.1, 0.15) is 13.8 Å². The van der Waals surface area contributed by atoms with Gasteiger partial charge >= 0.3 is 39.1 Å². The van der Waals surface area contributed by atoms with Gasteiger partial charge in [0.25, 0.3) is 0 Å². The predicted octanol–water partition coefficient (Wildman–Crippen LogP) is -1.43. The van der Waals surface area contributed by atoms with Crippen molar-refractivity contribution in [1.29, 1.82) is 0 Å². The van der Waals surface area contributed by atoms with Gasteiger partial charge in [-0.1, -0.05) is 6.92 Å². The minimum atomic E-state index is -5.27. The lowest BCUT2D eigenvalue weighted by atomic mass is 9.98. The van der Waals surface area contributed by atoms with E-state index in [-0.39, 0.29) is 0 Å². The quantitative estimate of drug-likeness (QED) is 0.0740. The molecule has 0 aromatic rings. The summed E-state index contributed by atoms with van der Waals surface area (Å²) in [6.45, 7) is 2.54. The molecule has 3 fully saturated rings. The summed E-state index contributed by atoms with van der Waals surface area (Å²) < 4.78 is 113. The van der Waals surface area contributed by atoms with Crippen LogP contribution >= 0.6 is 0 Å². The maximum atomic E-state index is 11.9. The van der Waals surface area contributed by atoms with Crippen LogP contribution in [-0.2, 0) is 84.2 Å². The molecule has 13 atom stereocenters. The second-order valence-corrected chi connectivity index (χ2v) is 11.0. The topological polar surface area (TPSA) is 259 Å². The van der Waals surface area contributed by atoms with Gasteiger partial charge in [0.05, 0.1) is 5.60 Å². The fourth-order valence-corrected chi connectivity index (χ4v) is 6.04. The van der Waals surface area contributed by atoms with Crippen LogP contribution in [0.15, 0.2) is 0 Å². The molecule has 4 N–H and O–H groups in total. The fraction of sp³-hybridized carbons (Fsp3) is 0.941. The van der Waals surface area contributed by atoms with Crippen LogP contribution < -0.4 is 0 Å². The first-order chi connectivity index (χ1) is 18.1. The van der Waals surface area contributed by atoms with Crippen LogP contribution in [0.3, 0.4) is 0 Å². The molecule has 228 valence electrons. The Labute approximate surface area is 227 Å². The van der Waals surface area contributed by atoms with E-state index in [2.05, 4.69) is 13.6 Å². The van der Waals surface area contributed by atoms with E-state index in [1.165, 1.54) is 14.0 Å². The Morgan fingerprint density at radius 1 is 0.974 bits per heavy atom. The molecule has 0 aromatic carbocycles. The number of ether oxygens (including phenoxy) is 5. The van der Waals surface area contributed by atoms with Gasteiger partial charge in [-0.3, -0.25) is 13.7 Å². The first-order valence-electron chi connectivity index (χ1n) is 10.9. The first-order valence-corrected chi connectivity index (χ1v) is 14.4. The maximum absolute atomic E-state index is 11.9. The van der Waals surface area contributed by atoms with Gasteiger partial charge in [0.1, 0.15) is 18.8 Å². The van der Waals surface area contributed by atoms with E-state index >= 15 is 0 Å². The zero-order valence-electron chi connectivity index (χ0n) is 20.6. The van der Waals surface area contributed by atoms with Crippen molar-refractivity contribution < 1.29 is 86.7 Å². The van der Waals surface area contributed by atoms with Crippen molar-refractivity contribution in [2.75, 3.05) is 20.8 Å². The molecule has 0 radical (unpaired) electrons. The van der Waals surface area contributed by atoms with Crippen molar-refractivity contribution in [3.8, 4) is 0 Å². The average molecular weight is 633 g/mol. The van der Waals surface area contributed by atoms with Crippen molar-refractivity contribution in [2.24, 2.45) is 17.8 Å². The molecule has 39 heavy (non-hydrogen) atoms. The van der Waals surface area contributed by atoms with E-state index in [0.717, 1.165) is 7.11 Å². The smallest absolute Gasteiger partial charge is 0.397 e. The molecule has 1 saturated carbocycles. The minimum absolute atomic E-state index is 0.420. The molecular formula is C17H28O19S3.